The van der Waals surface area contributed by atoms with Gasteiger partial charge in [-0.2, -0.15) is 0 Å². The van der Waals surface area contributed by atoms with Gasteiger partial charge in [-0.1, -0.05) is 43.8 Å². The average Bonchev–Trinajstić information content (AvgIpc) is 3.46. The largest absolute Gasteiger partial charge is 0.494 e. The lowest BCUT2D eigenvalue weighted by Crippen LogP contribution is -2.46. The maximum absolute atomic E-state index is 12.3. The summed E-state index contributed by atoms with van der Waals surface area (Å²) in [5, 5.41) is 8.22. The minimum absolute atomic E-state index is 0.174. The molecule has 2 aliphatic heterocycles. The molecule has 5 rings (SSSR count). The molecular weight excluding hydrogens is 506 g/mol. The average molecular weight is 544 g/mol. The van der Waals surface area contributed by atoms with Gasteiger partial charge in [-0.05, 0) is 37.1 Å². The predicted octanol–water partition coefficient (Wildman–Crippen LogP) is 4.25. The first-order chi connectivity index (χ1) is 19.6. The fraction of sp³-hybridized carbons (Fsp3) is 0.367. The van der Waals surface area contributed by atoms with E-state index in [2.05, 4.69) is 68.2 Å². The summed E-state index contributed by atoms with van der Waals surface area (Å²) in [6.45, 7) is 11.1. The SMILES string of the molecule is C=CC(=O)Nc1cc(Nc2cc(N3OCC[C@@H]3Cc3ccccc3)ncn2)c(OC)cc1N1CCN(CC)CC1. The summed E-state index contributed by atoms with van der Waals surface area (Å²) in [5.41, 5.74) is 3.51. The number of methoxy groups -OCH3 is 1. The van der Waals surface area contributed by atoms with Crippen molar-refractivity contribution in [3.8, 4) is 5.75 Å². The highest BCUT2D eigenvalue weighted by atomic mass is 16.7. The minimum atomic E-state index is -0.274. The highest BCUT2D eigenvalue weighted by Gasteiger charge is 2.28. The standard InChI is InChI=1S/C30H37N7O3/c1-4-30(38)34-24-18-25(27(39-3)19-26(24)36-14-12-35(5-2)13-15-36)33-28-20-29(32-21-31-28)37-23(11-16-40-37)17-22-9-7-6-8-10-22/h4,6-10,18-21,23H,1,5,11-17H2,2-3H3,(H,34,38)(H,31,32,33)/t23-/m1/s1. The normalized spacial score (nSPS) is 17.5. The smallest absolute Gasteiger partial charge is 0.247 e. The number of amides is 1. The molecule has 2 N–H and O–H groups in total. The zero-order valence-electron chi connectivity index (χ0n) is 23.2. The third-order valence-corrected chi connectivity index (χ3v) is 7.39. The molecule has 0 bridgehead atoms. The third-order valence-electron chi connectivity index (χ3n) is 7.39. The predicted molar refractivity (Wildman–Crippen MR) is 158 cm³/mol. The molecule has 0 aliphatic carbocycles. The van der Waals surface area contributed by atoms with Crippen molar-refractivity contribution in [2.24, 2.45) is 0 Å². The Hall–Kier alpha value is -4.15. The van der Waals surface area contributed by atoms with E-state index in [1.807, 2.05) is 29.3 Å². The number of carbonyl (C=O) groups excluding carboxylic acids is 1. The van der Waals surface area contributed by atoms with E-state index in [4.69, 9.17) is 9.57 Å². The fourth-order valence-electron chi connectivity index (χ4n) is 5.19. The van der Waals surface area contributed by atoms with Crippen LogP contribution in [0.3, 0.4) is 0 Å². The van der Waals surface area contributed by atoms with E-state index < -0.39 is 0 Å². The first-order valence-electron chi connectivity index (χ1n) is 13.8. The Balaban J connectivity index is 1.39. The van der Waals surface area contributed by atoms with E-state index in [-0.39, 0.29) is 11.9 Å². The molecule has 0 radical (unpaired) electrons. The molecule has 1 aromatic heterocycles. The molecular formula is C30H37N7O3. The zero-order valence-corrected chi connectivity index (χ0v) is 23.2. The monoisotopic (exact) mass is 543 g/mol. The van der Waals surface area contributed by atoms with Crippen LogP contribution >= 0.6 is 0 Å². The van der Waals surface area contributed by atoms with Crippen molar-refractivity contribution in [2.75, 3.05) is 67.0 Å². The highest BCUT2D eigenvalue weighted by Crippen LogP contribution is 2.39. The highest BCUT2D eigenvalue weighted by molar-refractivity contribution is 6.02. The number of hydrogen-bond acceptors (Lipinski definition) is 9. The van der Waals surface area contributed by atoms with Gasteiger partial charge in [0.1, 0.15) is 17.9 Å². The maximum atomic E-state index is 12.3. The van der Waals surface area contributed by atoms with Crippen LogP contribution in [0, 0.1) is 0 Å². The molecule has 0 unspecified atom stereocenters. The zero-order chi connectivity index (χ0) is 27.9. The molecule has 2 fully saturated rings. The van der Waals surface area contributed by atoms with Gasteiger partial charge in [0.25, 0.3) is 0 Å². The Labute approximate surface area is 235 Å². The number of likely N-dealkylation sites (N-methyl/N-ethyl adjacent to an activating group) is 1. The molecule has 3 heterocycles. The fourth-order valence-corrected chi connectivity index (χ4v) is 5.19. The van der Waals surface area contributed by atoms with Crippen LogP contribution < -0.4 is 25.3 Å². The topological polar surface area (TPSA) is 95.1 Å². The Kier molecular flexibility index (Phi) is 8.78. The van der Waals surface area contributed by atoms with Crippen LogP contribution in [-0.2, 0) is 16.1 Å². The minimum Gasteiger partial charge on any atom is -0.494 e. The number of nitrogens with zero attached hydrogens (tertiary/aromatic N) is 5. The van der Waals surface area contributed by atoms with Crippen molar-refractivity contribution in [3.63, 3.8) is 0 Å². The lowest BCUT2D eigenvalue weighted by molar-refractivity contribution is -0.111. The van der Waals surface area contributed by atoms with Gasteiger partial charge in [0.2, 0.25) is 5.91 Å². The van der Waals surface area contributed by atoms with Gasteiger partial charge in [0, 0.05) is 38.3 Å². The number of piperazine rings is 1. The number of hydroxylamine groups is 1. The quantitative estimate of drug-likeness (QED) is 0.364. The molecule has 40 heavy (non-hydrogen) atoms. The molecule has 2 aliphatic rings. The van der Waals surface area contributed by atoms with Crippen molar-refractivity contribution in [2.45, 2.75) is 25.8 Å². The van der Waals surface area contributed by atoms with Gasteiger partial charge in [0.05, 0.1) is 36.8 Å². The van der Waals surface area contributed by atoms with Crippen molar-refractivity contribution in [1.82, 2.24) is 14.9 Å². The molecule has 3 aromatic rings. The van der Waals surface area contributed by atoms with Crippen molar-refractivity contribution in [1.29, 1.82) is 0 Å². The number of anilines is 5. The van der Waals surface area contributed by atoms with E-state index >= 15 is 0 Å². The van der Waals surface area contributed by atoms with Crippen LogP contribution in [0.5, 0.6) is 5.75 Å². The van der Waals surface area contributed by atoms with E-state index in [9.17, 15) is 4.79 Å². The van der Waals surface area contributed by atoms with Crippen LogP contribution in [-0.4, -0.2) is 73.3 Å². The van der Waals surface area contributed by atoms with Crippen molar-refractivity contribution >= 4 is 34.6 Å². The molecule has 210 valence electrons. The number of aromatic nitrogens is 2. The van der Waals surface area contributed by atoms with Gasteiger partial charge >= 0.3 is 0 Å². The van der Waals surface area contributed by atoms with Gasteiger partial charge in [-0.3, -0.25) is 9.63 Å². The molecule has 2 aromatic carbocycles. The van der Waals surface area contributed by atoms with E-state index in [1.165, 1.54) is 18.0 Å². The molecule has 10 nitrogen and oxygen atoms in total. The first kappa shape index (κ1) is 27.4. The Morgan fingerprint density at radius 3 is 2.65 bits per heavy atom. The van der Waals surface area contributed by atoms with Crippen LogP contribution in [0.4, 0.5) is 28.7 Å². The van der Waals surface area contributed by atoms with Gasteiger partial charge in [-0.15, -0.1) is 0 Å². The summed E-state index contributed by atoms with van der Waals surface area (Å²) >= 11 is 0. The van der Waals surface area contributed by atoms with E-state index in [0.29, 0.717) is 35.4 Å². The van der Waals surface area contributed by atoms with Crippen LogP contribution in [0.15, 0.2) is 67.5 Å². The van der Waals surface area contributed by atoms with Gasteiger partial charge in [0.15, 0.2) is 5.82 Å². The molecule has 1 atom stereocenters. The summed E-state index contributed by atoms with van der Waals surface area (Å²) in [6, 6.07) is 16.3. The van der Waals surface area contributed by atoms with Crippen molar-refractivity contribution in [3.05, 3.63) is 73.1 Å². The number of benzene rings is 2. The number of hydrogen-bond donors (Lipinski definition) is 2. The number of nitrogens with one attached hydrogen (secondary N) is 2. The second-order valence-electron chi connectivity index (χ2n) is 9.86. The molecule has 2 saturated heterocycles. The van der Waals surface area contributed by atoms with Gasteiger partial charge < -0.3 is 25.2 Å². The summed E-state index contributed by atoms with van der Waals surface area (Å²) < 4.78 is 5.78. The second-order valence-corrected chi connectivity index (χ2v) is 9.86. The van der Waals surface area contributed by atoms with Crippen LogP contribution in [0.25, 0.3) is 0 Å². The number of ether oxygens (including phenoxy) is 1. The van der Waals surface area contributed by atoms with Crippen molar-refractivity contribution < 1.29 is 14.4 Å². The van der Waals surface area contributed by atoms with Gasteiger partial charge in [-0.25, -0.2) is 15.0 Å². The summed E-state index contributed by atoms with van der Waals surface area (Å²) in [7, 11) is 1.64. The van der Waals surface area contributed by atoms with E-state index in [0.717, 1.165) is 51.3 Å². The van der Waals surface area contributed by atoms with E-state index in [1.54, 1.807) is 7.11 Å². The second kappa shape index (κ2) is 12.8. The lowest BCUT2D eigenvalue weighted by atomic mass is 10.0. The molecule has 10 heteroatoms. The summed E-state index contributed by atoms with van der Waals surface area (Å²) in [4.78, 5) is 31.9. The first-order valence-corrected chi connectivity index (χ1v) is 13.8. The lowest BCUT2D eigenvalue weighted by Gasteiger charge is -2.36. The molecule has 1 amide bonds. The number of carbonyl (C=O) groups is 1. The van der Waals surface area contributed by atoms with Crippen LogP contribution in [0.2, 0.25) is 0 Å². The Bertz CT molecular complexity index is 1310. The summed E-state index contributed by atoms with van der Waals surface area (Å²) in [6.07, 6.45) is 4.57. The number of rotatable bonds is 10. The molecule has 0 saturated carbocycles. The molecule has 0 spiro atoms. The third kappa shape index (κ3) is 6.35. The van der Waals surface area contributed by atoms with Crippen LogP contribution in [0.1, 0.15) is 18.9 Å². The Morgan fingerprint density at radius 2 is 1.93 bits per heavy atom. The maximum Gasteiger partial charge on any atom is 0.247 e. The Morgan fingerprint density at radius 1 is 1.12 bits per heavy atom. The summed E-state index contributed by atoms with van der Waals surface area (Å²) in [5.74, 6) is 1.64.